The Labute approximate surface area is 100 Å². The molecule has 0 bridgehead atoms. The maximum absolute atomic E-state index is 11.5. The fourth-order valence-corrected chi connectivity index (χ4v) is 1.38. The second kappa shape index (κ2) is 6.04. The van der Waals surface area contributed by atoms with Crippen molar-refractivity contribution >= 4 is 23.3 Å². The number of carbonyl (C=O) groups excluding carboxylic acids is 1. The maximum Gasteiger partial charge on any atom is 0.319 e. The minimum atomic E-state index is -0.287. The third kappa shape index (κ3) is 4.24. The summed E-state index contributed by atoms with van der Waals surface area (Å²) in [5.74, 6) is 2.48. The molecule has 0 aliphatic heterocycles. The Bertz CT molecular complexity index is 412. The van der Waals surface area contributed by atoms with Gasteiger partial charge in [0.05, 0.1) is 0 Å². The molecule has 0 spiro atoms. The number of nitrogens with one attached hydrogen (secondary N) is 2. The Hall–Kier alpha value is -1.66. The highest BCUT2D eigenvalue weighted by atomic mass is 35.5. The molecule has 0 aliphatic rings. The highest BCUT2D eigenvalue weighted by Gasteiger charge is 2.05. The number of hydrogen-bond donors (Lipinski definition) is 2. The normalized spacial score (nSPS) is 11.3. The second-order valence-corrected chi connectivity index (χ2v) is 3.85. The topological polar surface area (TPSA) is 41.1 Å². The van der Waals surface area contributed by atoms with Gasteiger partial charge in [-0.3, -0.25) is 0 Å². The molecule has 2 amide bonds. The Morgan fingerprint density at radius 2 is 2.38 bits per heavy atom. The minimum absolute atomic E-state index is 0.0517. The van der Waals surface area contributed by atoms with Gasteiger partial charge < -0.3 is 10.6 Å². The molecule has 1 aromatic carbocycles. The monoisotopic (exact) mass is 236 g/mol. The first-order valence-electron chi connectivity index (χ1n) is 4.88. The zero-order valence-corrected chi connectivity index (χ0v) is 9.71. The van der Waals surface area contributed by atoms with Crippen LogP contribution < -0.4 is 10.6 Å². The Balaban J connectivity index is 2.49. The smallest absolute Gasteiger partial charge is 0.319 e. The molecular formula is C12H13ClN2O. The van der Waals surface area contributed by atoms with Gasteiger partial charge >= 0.3 is 6.03 Å². The molecule has 1 unspecified atom stereocenters. The van der Waals surface area contributed by atoms with Crippen LogP contribution in [-0.4, -0.2) is 12.1 Å². The molecule has 0 aromatic heterocycles. The molecule has 0 saturated heterocycles. The van der Waals surface area contributed by atoms with Crippen LogP contribution in [-0.2, 0) is 0 Å². The zero-order valence-electron chi connectivity index (χ0n) is 8.96. The second-order valence-electron chi connectivity index (χ2n) is 3.42. The maximum atomic E-state index is 11.5. The standard InChI is InChI=1S/C12H13ClN2O/c1-3-5-9(2)14-12(16)15-11-7-4-6-10(13)8-11/h1,4,6-9H,5H2,2H3,(H2,14,15,16). The summed E-state index contributed by atoms with van der Waals surface area (Å²) in [7, 11) is 0. The molecule has 0 saturated carbocycles. The molecule has 16 heavy (non-hydrogen) atoms. The lowest BCUT2D eigenvalue weighted by Gasteiger charge is -2.12. The summed E-state index contributed by atoms with van der Waals surface area (Å²) < 4.78 is 0. The van der Waals surface area contributed by atoms with Crippen LogP contribution in [0.15, 0.2) is 24.3 Å². The molecule has 1 atom stereocenters. The summed E-state index contributed by atoms with van der Waals surface area (Å²) in [5.41, 5.74) is 0.651. The van der Waals surface area contributed by atoms with Gasteiger partial charge in [-0.05, 0) is 25.1 Å². The number of benzene rings is 1. The third-order valence-corrected chi connectivity index (χ3v) is 2.12. The van der Waals surface area contributed by atoms with Crippen LogP contribution in [0.5, 0.6) is 0 Å². The number of rotatable bonds is 3. The van der Waals surface area contributed by atoms with Crippen LogP contribution in [0.1, 0.15) is 13.3 Å². The first-order chi connectivity index (χ1) is 7.61. The van der Waals surface area contributed by atoms with Crippen molar-refractivity contribution in [1.82, 2.24) is 5.32 Å². The lowest BCUT2D eigenvalue weighted by molar-refractivity contribution is 0.249. The Morgan fingerprint density at radius 1 is 1.62 bits per heavy atom. The van der Waals surface area contributed by atoms with Gasteiger partial charge in [-0.2, -0.15) is 0 Å². The van der Waals surface area contributed by atoms with Crippen molar-refractivity contribution in [2.24, 2.45) is 0 Å². The van der Waals surface area contributed by atoms with Crippen LogP contribution in [0.2, 0.25) is 5.02 Å². The van der Waals surface area contributed by atoms with Gasteiger partial charge in [0.15, 0.2) is 0 Å². The van der Waals surface area contributed by atoms with Crippen LogP contribution in [0.3, 0.4) is 0 Å². The van der Waals surface area contributed by atoms with Crippen molar-refractivity contribution in [2.75, 3.05) is 5.32 Å². The summed E-state index contributed by atoms with van der Waals surface area (Å²) in [6, 6.07) is 6.60. The minimum Gasteiger partial charge on any atom is -0.334 e. The van der Waals surface area contributed by atoms with Gasteiger partial charge in [-0.15, -0.1) is 12.3 Å². The average molecular weight is 237 g/mol. The van der Waals surface area contributed by atoms with Gasteiger partial charge in [0.2, 0.25) is 0 Å². The van der Waals surface area contributed by atoms with Crippen molar-refractivity contribution < 1.29 is 4.79 Å². The van der Waals surface area contributed by atoms with Crippen molar-refractivity contribution in [3.8, 4) is 12.3 Å². The number of urea groups is 1. The van der Waals surface area contributed by atoms with E-state index >= 15 is 0 Å². The lowest BCUT2D eigenvalue weighted by Crippen LogP contribution is -2.35. The number of carbonyl (C=O) groups is 1. The van der Waals surface area contributed by atoms with Crippen LogP contribution in [0.4, 0.5) is 10.5 Å². The fraction of sp³-hybridized carbons (Fsp3) is 0.250. The van der Waals surface area contributed by atoms with Crippen molar-refractivity contribution in [3.63, 3.8) is 0 Å². The first kappa shape index (κ1) is 12.4. The predicted octanol–water partition coefficient (Wildman–Crippen LogP) is 2.87. The largest absolute Gasteiger partial charge is 0.334 e. The van der Waals surface area contributed by atoms with Gasteiger partial charge in [-0.25, -0.2) is 4.79 Å². The van der Waals surface area contributed by atoms with Gasteiger partial charge in [0.25, 0.3) is 0 Å². The van der Waals surface area contributed by atoms with E-state index in [1.54, 1.807) is 24.3 Å². The SMILES string of the molecule is C#CCC(C)NC(=O)Nc1cccc(Cl)c1. The Kier molecular flexibility index (Phi) is 4.68. The van der Waals surface area contributed by atoms with E-state index in [9.17, 15) is 4.79 Å². The van der Waals surface area contributed by atoms with Crippen LogP contribution >= 0.6 is 11.6 Å². The molecule has 1 aromatic rings. The number of amides is 2. The molecule has 84 valence electrons. The summed E-state index contributed by atoms with van der Waals surface area (Å²) in [6.07, 6.45) is 5.64. The highest BCUT2D eigenvalue weighted by molar-refractivity contribution is 6.30. The number of halogens is 1. The number of hydrogen-bond acceptors (Lipinski definition) is 1. The Morgan fingerprint density at radius 3 is 3.00 bits per heavy atom. The molecule has 0 aliphatic carbocycles. The highest BCUT2D eigenvalue weighted by Crippen LogP contribution is 2.14. The van der Waals surface area contributed by atoms with Gasteiger partial charge in [-0.1, -0.05) is 17.7 Å². The summed E-state index contributed by atoms with van der Waals surface area (Å²) >= 11 is 5.79. The van der Waals surface area contributed by atoms with E-state index in [2.05, 4.69) is 16.6 Å². The molecular weight excluding hydrogens is 224 g/mol. The van der Waals surface area contributed by atoms with Crippen molar-refractivity contribution in [3.05, 3.63) is 29.3 Å². The van der Waals surface area contributed by atoms with Gasteiger partial charge in [0, 0.05) is 23.2 Å². The first-order valence-corrected chi connectivity index (χ1v) is 5.26. The van der Waals surface area contributed by atoms with Crippen molar-refractivity contribution in [1.29, 1.82) is 0 Å². The third-order valence-electron chi connectivity index (χ3n) is 1.88. The predicted molar refractivity (Wildman–Crippen MR) is 66.5 cm³/mol. The van der Waals surface area contributed by atoms with E-state index in [0.717, 1.165) is 0 Å². The van der Waals surface area contributed by atoms with Crippen LogP contribution in [0.25, 0.3) is 0 Å². The molecule has 0 heterocycles. The summed E-state index contributed by atoms with van der Waals surface area (Å²) in [4.78, 5) is 11.5. The van der Waals surface area contributed by atoms with E-state index in [-0.39, 0.29) is 12.1 Å². The lowest BCUT2D eigenvalue weighted by atomic mass is 10.2. The average Bonchev–Trinajstić information content (AvgIpc) is 2.17. The zero-order chi connectivity index (χ0) is 12.0. The molecule has 3 nitrogen and oxygen atoms in total. The number of anilines is 1. The van der Waals surface area contributed by atoms with Crippen molar-refractivity contribution in [2.45, 2.75) is 19.4 Å². The van der Waals surface area contributed by atoms with E-state index in [1.807, 2.05) is 6.92 Å². The molecule has 2 N–H and O–H groups in total. The van der Waals surface area contributed by atoms with E-state index in [0.29, 0.717) is 17.1 Å². The molecule has 1 rings (SSSR count). The summed E-state index contributed by atoms with van der Waals surface area (Å²) in [5, 5.41) is 5.96. The van der Waals surface area contributed by atoms with E-state index < -0.39 is 0 Å². The van der Waals surface area contributed by atoms with E-state index in [1.165, 1.54) is 0 Å². The van der Waals surface area contributed by atoms with Gasteiger partial charge in [0.1, 0.15) is 0 Å². The molecule has 4 heteroatoms. The van der Waals surface area contributed by atoms with E-state index in [4.69, 9.17) is 18.0 Å². The number of terminal acetylenes is 1. The molecule has 0 radical (unpaired) electrons. The summed E-state index contributed by atoms with van der Waals surface area (Å²) in [6.45, 7) is 1.84. The van der Waals surface area contributed by atoms with Crippen LogP contribution in [0, 0.1) is 12.3 Å². The quantitative estimate of drug-likeness (QED) is 0.779. The molecule has 0 fully saturated rings. The fourth-order valence-electron chi connectivity index (χ4n) is 1.19.